The Bertz CT molecular complexity index is 757. The second-order valence-corrected chi connectivity index (χ2v) is 7.53. The van der Waals surface area contributed by atoms with E-state index in [9.17, 15) is 4.79 Å². The zero-order chi connectivity index (χ0) is 17.3. The summed E-state index contributed by atoms with van der Waals surface area (Å²) in [5.74, 6) is 0.758. The quantitative estimate of drug-likeness (QED) is 0.938. The van der Waals surface area contributed by atoms with Crippen molar-refractivity contribution in [3.8, 4) is 0 Å². The van der Waals surface area contributed by atoms with Crippen LogP contribution in [0.15, 0.2) is 29.1 Å². The molecule has 4 nitrogen and oxygen atoms in total. The average Bonchev–Trinajstić information content (AvgIpc) is 2.56. The first-order valence-corrected chi connectivity index (χ1v) is 8.95. The molecular weight excluding hydrogens is 298 g/mol. The molecule has 1 N–H and O–H groups in total. The highest BCUT2D eigenvalue weighted by Crippen LogP contribution is 2.24. The van der Waals surface area contributed by atoms with E-state index in [1.165, 1.54) is 18.4 Å². The monoisotopic (exact) mass is 327 g/mol. The highest BCUT2D eigenvalue weighted by molar-refractivity contribution is 5.79. The van der Waals surface area contributed by atoms with Gasteiger partial charge in [0.2, 0.25) is 0 Å². The number of benzene rings is 1. The Balaban J connectivity index is 1.70. The summed E-state index contributed by atoms with van der Waals surface area (Å²) in [5.41, 5.74) is 3.08. The first-order valence-electron chi connectivity index (χ1n) is 8.95. The largest absolute Gasteiger partial charge is 0.322 e. The third-order valence-corrected chi connectivity index (χ3v) is 5.60. The standard InChI is InChI=1S/C20H29N3O/c1-14-5-6-19-17(11-14)12-18(20(24)21-19)13-23-9-7-16(8-10-23)15(2)22(3)4/h5-6,11-12,15-16H,7-10,13H2,1-4H3,(H,21,24). The molecule has 0 bridgehead atoms. The van der Waals surface area contributed by atoms with Crippen LogP contribution in [0.25, 0.3) is 10.9 Å². The molecule has 4 heteroatoms. The molecule has 1 unspecified atom stereocenters. The van der Waals surface area contributed by atoms with Crippen LogP contribution in [0.2, 0.25) is 0 Å². The summed E-state index contributed by atoms with van der Waals surface area (Å²) in [6, 6.07) is 8.85. The molecule has 0 aliphatic carbocycles. The van der Waals surface area contributed by atoms with Crippen LogP contribution in [-0.4, -0.2) is 48.0 Å². The van der Waals surface area contributed by atoms with Crippen LogP contribution in [0.4, 0.5) is 0 Å². The number of nitrogens with one attached hydrogen (secondary N) is 1. The average molecular weight is 327 g/mol. The normalized spacial score (nSPS) is 18.4. The summed E-state index contributed by atoms with van der Waals surface area (Å²) in [6.07, 6.45) is 2.42. The minimum atomic E-state index is 0.0511. The molecule has 2 aromatic rings. The molecule has 3 rings (SSSR count). The van der Waals surface area contributed by atoms with Crippen LogP contribution < -0.4 is 5.56 Å². The van der Waals surface area contributed by atoms with Crippen molar-refractivity contribution in [3.63, 3.8) is 0 Å². The molecule has 1 aromatic heterocycles. The van der Waals surface area contributed by atoms with Gasteiger partial charge in [-0.2, -0.15) is 0 Å². The Labute approximate surface area is 144 Å². The maximum atomic E-state index is 12.4. The molecule has 0 radical (unpaired) electrons. The van der Waals surface area contributed by atoms with Crippen molar-refractivity contribution in [2.75, 3.05) is 27.2 Å². The smallest absolute Gasteiger partial charge is 0.252 e. The number of H-pyrrole nitrogens is 1. The van der Waals surface area contributed by atoms with Gasteiger partial charge >= 0.3 is 0 Å². The number of hydrogen-bond acceptors (Lipinski definition) is 3. The number of aromatic nitrogens is 1. The Morgan fingerprint density at radius 2 is 1.96 bits per heavy atom. The van der Waals surface area contributed by atoms with E-state index in [4.69, 9.17) is 0 Å². The Morgan fingerprint density at radius 3 is 2.62 bits per heavy atom. The maximum Gasteiger partial charge on any atom is 0.252 e. The van der Waals surface area contributed by atoms with Crippen LogP contribution >= 0.6 is 0 Å². The molecule has 0 spiro atoms. The second-order valence-electron chi connectivity index (χ2n) is 7.53. The van der Waals surface area contributed by atoms with Gasteiger partial charge in [0, 0.05) is 23.7 Å². The first kappa shape index (κ1) is 17.2. The number of pyridine rings is 1. The molecule has 1 atom stereocenters. The molecule has 1 fully saturated rings. The summed E-state index contributed by atoms with van der Waals surface area (Å²) >= 11 is 0. The second kappa shape index (κ2) is 7.08. The van der Waals surface area contributed by atoms with Crippen molar-refractivity contribution in [2.24, 2.45) is 5.92 Å². The van der Waals surface area contributed by atoms with Crippen LogP contribution in [0.3, 0.4) is 0 Å². The third-order valence-electron chi connectivity index (χ3n) is 5.60. The number of nitrogens with zero attached hydrogens (tertiary/aromatic N) is 2. The number of fused-ring (bicyclic) bond motifs is 1. The molecule has 1 saturated heterocycles. The van der Waals surface area contributed by atoms with Gasteiger partial charge in [0.1, 0.15) is 0 Å². The molecule has 1 aliphatic heterocycles. The predicted octanol–water partition coefficient (Wildman–Crippen LogP) is 3.00. The van der Waals surface area contributed by atoms with Gasteiger partial charge in [-0.1, -0.05) is 11.6 Å². The van der Waals surface area contributed by atoms with Crippen molar-refractivity contribution in [1.82, 2.24) is 14.8 Å². The Kier molecular flexibility index (Phi) is 5.07. The van der Waals surface area contributed by atoms with E-state index in [0.717, 1.165) is 42.0 Å². The summed E-state index contributed by atoms with van der Waals surface area (Å²) in [5, 5.41) is 1.13. The molecule has 24 heavy (non-hydrogen) atoms. The van der Waals surface area contributed by atoms with Crippen LogP contribution in [0, 0.1) is 12.8 Å². The van der Waals surface area contributed by atoms with E-state index < -0.39 is 0 Å². The predicted molar refractivity (Wildman–Crippen MR) is 100 cm³/mol. The zero-order valence-corrected chi connectivity index (χ0v) is 15.3. The van der Waals surface area contributed by atoms with E-state index >= 15 is 0 Å². The van der Waals surface area contributed by atoms with E-state index in [1.54, 1.807) is 0 Å². The highest BCUT2D eigenvalue weighted by Gasteiger charge is 2.25. The fourth-order valence-electron chi connectivity index (χ4n) is 3.74. The van der Waals surface area contributed by atoms with E-state index in [1.807, 2.05) is 12.1 Å². The lowest BCUT2D eigenvalue weighted by Gasteiger charge is -2.37. The lowest BCUT2D eigenvalue weighted by molar-refractivity contribution is 0.121. The fourth-order valence-corrected chi connectivity index (χ4v) is 3.74. The summed E-state index contributed by atoms with van der Waals surface area (Å²) < 4.78 is 0. The maximum absolute atomic E-state index is 12.4. The molecule has 1 aliphatic rings. The van der Waals surface area contributed by atoms with Crippen molar-refractivity contribution in [1.29, 1.82) is 0 Å². The van der Waals surface area contributed by atoms with E-state index in [2.05, 4.69) is 54.9 Å². The lowest BCUT2D eigenvalue weighted by Crippen LogP contribution is -2.41. The zero-order valence-electron chi connectivity index (χ0n) is 15.3. The minimum Gasteiger partial charge on any atom is -0.322 e. The van der Waals surface area contributed by atoms with Gasteiger partial charge in [-0.15, -0.1) is 0 Å². The summed E-state index contributed by atoms with van der Waals surface area (Å²) in [7, 11) is 4.32. The molecular formula is C20H29N3O. The molecule has 130 valence electrons. The van der Waals surface area contributed by atoms with Gasteiger partial charge in [-0.05, 0) is 83.4 Å². The summed E-state index contributed by atoms with van der Waals surface area (Å²) in [6.45, 7) is 7.31. The van der Waals surface area contributed by atoms with Crippen molar-refractivity contribution < 1.29 is 0 Å². The molecule has 2 heterocycles. The van der Waals surface area contributed by atoms with Crippen LogP contribution in [-0.2, 0) is 6.54 Å². The molecule has 0 amide bonds. The van der Waals surface area contributed by atoms with Crippen LogP contribution in [0.5, 0.6) is 0 Å². The van der Waals surface area contributed by atoms with E-state index in [-0.39, 0.29) is 5.56 Å². The van der Waals surface area contributed by atoms with E-state index in [0.29, 0.717) is 6.04 Å². The number of hydrogen-bond donors (Lipinski definition) is 1. The Hall–Kier alpha value is -1.65. The van der Waals surface area contributed by atoms with Crippen LogP contribution in [0.1, 0.15) is 30.9 Å². The van der Waals surface area contributed by atoms with Gasteiger partial charge in [0.15, 0.2) is 0 Å². The van der Waals surface area contributed by atoms with Gasteiger partial charge in [-0.3, -0.25) is 9.69 Å². The number of piperidine rings is 1. The Morgan fingerprint density at radius 1 is 1.25 bits per heavy atom. The first-order chi connectivity index (χ1) is 11.4. The molecule has 0 saturated carbocycles. The lowest BCUT2D eigenvalue weighted by atomic mass is 9.89. The van der Waals surface area contributed by atoms with Crippen molar-refractivity contribution in [2.45, 2.75) is 39.3 Å². The van der Waals surface area contributed by atoms with Gasteiger partial charge < -0.3 is 9.88 Å². The SMILES string of the molecule is Cc1ccc2[nH]c(=O)c(CN3CCC(C(C)N(C)C)CC3)cc2c1. The number of rotatable bonds is 4. The number of aromatic amines is 1. The number of likely N-dealkylation sites (tertiary alicyclic amines) is 1. The van der Waals surface area contributed by atoms with Crippen molar-refractivity contribution >= 4 is 10.9 Å². The van der Waals surface area contributed by atoms with Gasteiger partial charge in [0.05, 0.1) is 0 Å². The molecule has 1 aromatic carbocycles. The van der Waals surface area contributed by atoms with Gasteiger partial charge in [0.25, 0.3) is 5.56 Å². The number of aryl methyl sites for hydroxylation is 1. The van der Waals surface area contributed by atoms with Crippen molar-refractivity contribution in [3.05, 3.63) is 45.7 Å². The summed E-state index contributed by atoms with van der Waals surface area (Å²) in [4.78, 5) is 20.1. The topological polar surface area (TPSA) is 39.3 Å². The fraction of sp³-hybridized carbons (Fsp3) is 0.550. The van der Waals surface area contributed by atoms with Gasteiger partial charge in [-0.25, -0.2) is 0 Å². The minimum absolute atomic E-state index is 0.0511. The third kappa shape index (κ3) is 3.70. The highest BCUT2D eigenvalue weighted by atomic mass is 16.1.